The van der Waals surface area contributed by atoms with Crippen molar-refractivity contribution in [3.05, 3.63) is 42.0 Å². The Morgan fingerprint density at radius 1 is 1.21 bits per heavy atom. The van der Waals surface area contributed by atoms with Crippen molar-refractivity contribution in [1.29, 1.82) is 0 Å². The van der Waals surface area contributed by atoms with Crippen LogP contribution in [0.15, 0.2) is 36.4 Å². The molecule has 1 rings (SSSR count). The van der Waals surface area contributed by atoms with Crippen molar-refractivity contribution in [2.24, 2.45) is 11.3 Å². The molecule has 0 bridgehead atoms. The molecule has 0 amide bonds. The predicted octanol–water partition coefficient (Wildman–Crippen LogP) is 4.23. The highest BCUT2D eigenvalue weighted by Crippen LogP contribution is 2.28. The second-order valence-corrected chi connectivity index (χ2v) is 10.8. The fourth-order valence-electron chi connectivity index (χ4n) is 2.49. The van der Waals surface area contributed by atoms with Crippen LogP contribution in [-0.4, -0.2) is 32.4 Å². The summed E-state index contributed by atoms with van der Waals surface area (Å²) >= 11 is 0. The summed E-state index contributed by atoms with van der Waals surface area (Å²) in [7, 11) is -3.51. The highest BCUT2D eigenvalue weighted by molar-refractivity contribution is 7.89. The maximum atomic E-state index is 12.3. The van der Waals surface area contributed by atoms with Crippen LogP contribution in [-0.2, 0) is 15.6 Å². The van der Waals surface area contributed by atoms with Crippen molar-refractivity contribution in [2.45, 2.75) is 60.0 Å². The molecule has 0 heterocycles. The fraction of sp³-hybridized carbons (Fsp3) is 0.636. The van der Waals surface area contributed by atoms with Crippen LogP contribution in [0.4, 0.5) is 0 Å². The number of ether oxygens (including phenoxy) is 1. The molecule has 0 aliphatic heterocycles. The number of benzene rings is 1. The van der Waals surface area contributed by atoms with Gasteiger partial charge < -0.3 is 9.84 Å². The van der Waals surface area contributed by atoms with Gasteiger partial charge in [-0.1, -0.05) is 65.8 Å². The van der Waals surface area contributed by atoms with E-state index in [-0.39, 0.29) is 17.7 Å². The zero-order chi connectivity index (χ0) is 21.4. The summed E-state index contributed by atoms with van der Waals surface area (Å²) in [4.78, 5) is 0. The summed E-state index contributed by atoms with van der Waals surface area (Å²) < 4.78 is 32.9. The van der Waals surface area contributed by atoms with E-state index in [0.717, 1.165) is 6.42 Å². The molecule has 1 aromatic carbocycles. The maximum absolute atomic E-state index is 12.3. The molecular formula is C22H37NO4S. The Morgan fingerprint density at radius 2 is 1.89 bits per heavy atom. The zero-order valence-electron chi connectivity index (χ0n) is 18.2. The second-order valence-electron chi connectivity index (χ2n) is 8.96. The first-order valence-corrected chi connectivity index (χ1v) is 11.6. The first-order chi connectivity index (χ1) is 12.9. The molecule has 0 aliphatic carbocycles. The third kappa shape index (κ3) is 9.22. The molecule has 0 radical (unpaired) electrons. The molecule has 160 valence electrons. The first-order valence-electron chi connectivity index (χ1n) is 9.95. The van der Waals surface area contributed by atoms with Crippen LogP contribution in [0.1, 0.15) is 59.9 Å². The van der Waals surface area contributed by atoms with Crippen LogP contribution in [0.5, 0.6) is 5.75 Å². The topological polar surface area (TPSA) is 75.6 Å². The Labute approximate surface area is 171 Å². The van der Waals surface area contributed by atoms with Gasteiger partial charge in [-0.3, -0.25) is 0 Å². The Balaban J connectivity index is 2.77. The van der Waals surface area contributed by atoms with Gasteiger partial charge >= 0.3 is 0 Å². The van der Waals surface area contributed by atoms with Gasteiger partial charge in [-0.25, -0.2) is 13.1 Å². The molecule has 6 heteroatoms. The monoisotopic (exact) mass is 411 g/mol. The number of sulfonamides is 1. The number of hydrogen-bond donors (Lipinski definition) is 2. The van der Waals surface area contributed by atoms with Gasteiger partial charge in [0.05, 0.1) is 12.4 Å². The van der Waals surface area contributed by atoms with Crippen LogP contribution in [0.2, 0.25) is 0 Å². The largest absolute Gasteiger partial charge is 0.493 e. The molecule has 5 nitrogen and oxygen atoms in total. The molecule has 0 aliphatic rings. The lowest BCUT2D eigenvalue weighted by Gasteiger charge is -2.28. The molecule has 1 aromatic rings. The van der Waals surface area contributed by atoms with Gasteiger partial charge in [-0.05, 0) is 41.9 Å². The quantitative estimate of drug-likeness (QED) is 0.534. The van der Waals surface area contributed by atoms with Crippen molar-refractivity contribution in [2.75, 3.05) is 18.9 Å². The van der Waals surface area contributed by atoms with Crippen molar-refractivity contribution >= 4 is 10.0 Å². The lowest BCUT2D eigenvalue weighted by molar-refractivity contribution is 0.0377. The van der Waals surface area contributed by atoms with Gasteiger partial charge in [0.25, 0.3) is 0 Å². The van der Waals surface area contributed by atoms with Crippen LogP contribution < -0.4 is 9.46 Å². The van der Waals surface area contributed by atoms with Crippen LogP contribution >= 0.6 is 0 Å². The lowest BCUT2D eigenvalue weighted by Crippen LogP contribution is -2.41. The molecule has 0 fully saturated rings. The molecule has 0 saturated heterocycles. The molecule has 1 atom stereocenters. The maximum Gasteiger partial charge on any atom is 0.215 e. The summed E-state index contributed by atoms with van der Waals surface area (Å²) in [6.07, 6.45) is 4.74. The molecule has 28 heavy (non-hydrogen) atoms. The van der Waals surface area contributed by atoms with Crippen molar-refractivity contribution < 1.29 is 18.3 Å². The molecule has 1 unspecified atom stereocenters. The Hall–Kier alpha value is -1.37. The second kappa shape index (κ2) is 10.4. The lowest BCUT2D eigenvalue weighted by atomic mass is 9.91. The van der Waals surface area contributed by atoms with Crippen molar-refractivity contribution in [3.8, 4) is 5.75 Å². The minimum Gasteiger partial charge on any atom is -0.493 e. The summed E-state index contributed by atoms with van der Waals surface area (Å²) in [6.45, 7) is 12.8. The minimum atomic E-state index is -3.51. The Kier molecular flexibility index (Phi) is 9.18. The molecular weight excluding hydrogens is 374 g/mol. The van der Waals surface area contributed by atoms with E-state index in [1.54, 1.807) is 18.2 Å². The summed E-state index contributed by atoms with van der Waals surface area (Å²) in [5.74, 6) is 0.971. The summed E-state index contributed by atoms with van der Waals surface area (Å²) in [6, 6.07) is 7.23. The minimum absolute atomic E-state index is 0.0768. The number of hydrogen-bond acceptors (Lipinski definition) is 4. The number of aliphatic hydroxyl groups is 1. The Bertz CT molecular complexity index is 735. The average Bonchev–Trinajstić information content (AvgIpc) is 2.61. The first kappa shape index (κ1) is 24.7. The summed E-state index contributed by atoms with van der Waals surface area (Å²) in [5.41, 5.74) is -0.527. The number of rotatable bonds is 11. The fourth-order valence-corrected chi connectivity index (χ4v) is 3.46. The number of allylic oxidation sites excluding steroid dienone is 1. The highest BCUT2D eigenvalue weighted by atomic mass is 32.2. The van der Waals surface area contributed by atoms with E-state index in [4.69, 9.17) is 4.74 Å². The van der Waals surface area contributed by atoms with Gasteiger partial charge in [0, 0.05) is 6.54 Å². The SMILES string of the molecule is CCC(O)(CNS(=O)(=O)CC=CCC(C)(C)C)c1cccc(OCC(C)C)c1. The smallest absolute Gasteiger partial charge is 0.215 e. The van der Waals surface area contributed by atoms with E-state index in [2.05, 4.69) is 39.3 Å². The van der Waals surface area contributed by atoms with Crippen molar-refractivity contribution in [3.63, 3.8) is 0 Å². The molecule has 0 saturated carbocycles. The molecule has 2 N–H and O–H groups in total. The van der Waals surface area contributed by atoms with E-state index in [9.17, 15) is 13.5 Å². The van der Waals surface area contributed by atoms with E-state index < -0.39 is 15.6 Å². The molecule has 0 spiro atoms. The normalized spacial score (nSPS) is 15.1. The summed E-state index contributed by atoms with van der Waals surface area (Å²) in [5, 5.41) is 11.0. The van der Waals surface area contributed by atoms with E-state index in [1.165, 1.54) is 0 Å². The van der Waals surface area contributed by atoms with Gasteiger partial charge in [-0.15, -0.1) is 0 Å². The molecule has 0 aromatic heterocycles. The van der Waals surface area contributed by atoms with Crippen LogP contribution in [0.3, 0.4) is 0 Å². The van der Waals surface area contributed by atoms with Crippen LogP contribution in [0.25, 0.3) is 0 Å². The van der Waals surface area contributed by atoms with Gasteiger partial charge in [-0.2, -0.15) is 0 Å². The highest BCUT2D eigenvalue weighted by Gasteiger charge is 2.29. The third-order valence-electron chi connectivity index (χ3n) is 4.34. The van der Waals surface area contributed by atoms with Crippen LogP contribution in [0, 0.1) is 11.3 Å². The average molecular weight is 412 g/mol. The van der Waals surface area contributed by atoms with Gasteiger partial charge in [0.2, 0.25) is 10.0 Å². The zero-order valence-corrected chi connectivity index (χ0v) is 19.0. The Morgan fingerprint density at radius 3 is 2.46 bits per heavy atom. The van der Waals surface area contributed by atoms with E-state index in [0.29, 0.717) is 30.3 Å². The standard InChI is InChI=1S/C22H37NO4S/c1-7-22(24,19-11-10-12-20(15-19)27-16-18(2)3)17-23-28(25,26)14-9-8-13-21(4,5)6/h8-12,15,18,23-24H,7,13-14,16-17H2,1-6H3. The predicted molar refractivity (Wildman–Crippen MR) is 116 cm³/mol. The van der Waals surface area contributed by atoms with Crippen molar-refractivity contribution in [1.82, 2.24) is 4.72 Å². The number of nitrogens with one attached hydrogen (secondary N) is 1. The van der Waals surface area contributed by atoms with E-state index >= 15 is 0 Å². The van der Waals surface area contributed by atoms with Gasteiger partial charge in [0.15, 0.2) is 0 Å². The van der Waals surface area contributed by atoms with E-state index in [1.807, 2.05) is 25.1 Å². The van der Waals surface area contributed by atoms with Gasteiger partial charge in [0.1, 0.15) is 11.4 Å². The third-order valence-corrected chi connectivity index (χ3v) is 5.55.